The summed E-state index contributed by atoms with van der Waals surface area (Å²) < 4.78 is 13.1. The smallest absolute Gasteiger partial charge is 0.229 e. The van der Waals surface area contributed by atoms with E-state index in [9.17, 15) is 19.1 Å². The minimum absolute atomic E-state index is 0.0178. The number of amides is 2. The lowest BCUT2D eigenvalue weighted by molar-refractivity contribution is -0.163. The largest absolute Gasteiger partial charge is 0.391 e. The van der Waals surface area contributed by atoms with E-state index in [1.807, 2.05) is 30.3 Å². The maximum Gasteiger partial charge on any atom is 0.229 e. The van der Waals surface area contributed by atoms with Crippen molar-refractivity contribution in [3.63, 3.8) is 0 Å². The molecule has 2 fully saturated rings. The second-order valence-corrected chi connectivity index (χ2v) is 8.51. The Balaban J connectivity index is 1.42. The first-order valence-electron chi connectivity index (χ1n) is 10.4. The van der Waals surface area contributed by atoms with Gasteiger partial charge in [-0.1, -0.05) is 42.5 Å². The van der Waals surface area contributed by atoms with Crippen molar-refractivity contribution < 1.29 is 19.1 Å². The fraction of sp³-hybridized carbons (Fsp3) is 0.417. The molecule has 0 aromatic heterocycles. The van der Waals surface area contributed by atoms with Crippen molar-refractivity contribution in [3.8, 4) is 0 Å². The van der Waals surface area contributed by atoms with Crippen LogP contribution in [0.4, 0.5) is 4.39 Å². The number of nitrogens with zero attached hydrogens (tertiary/aromatic N) is 2. The topological polar surface area (TPSA) is 60.9 Å². The van der Waals surface area contributed by atoms with Crippen LogP contribution in [-0.4, -0.2) is 53.0 Å². The summed E-state index contributed by atoms with van der Waals surface area (Å²) in [5.41, 5.74) is 1.09. The van der Waals surface area contributed by atoms with Crippen LogP contribution >= 0.6 is 0 Å². The highest BCUT2D eigenvalue weighted by Crippen LogP contribution is 2.46. The van der Waals surface area contributed by atoms with Crippen LogP contribution < -0.4 is 0 Å². The van der Waals surface area contributed by atoms with Gasteiger partial charge in [-0.25, -0.2) is 4.39 Å². The molecule has 2 aliphatic rings. The number of hydrogen-bond donors (Lipinski definition) is 1. The molecule has 2 amide bonds. The molecule has 1 N–H and O–H groups in total. The van der Waals surface area contributed by atoms with Crippen LogP contribution in [0, 0.1) is 11.2 Å². The van der Waals surface area contributed by atoms with Crippen LogP contribution in [0.5, 0.6) is 0 Å². The third-order valence-corrected chi connectivity index (χ3v) is 6.64. The van der Waals surface area contributed by atoms with E-state index in [-0.39, 0.29) is 30.1 Å². The van der Waals surface area contributed by atoms with Gasteiger partial charge in [0.1, 0.15) is 5.82 Å². The van der Waals surface area contributed by atoms with Gasteiger partial charge < -0.3 is 14.9 Å². The first-order chi connectivity index (χ1) is 14.4. The average Bonchev–Trinajstić information content (AvgIpc) is 2.75. The minimum Gasteiger partial charge on any atom is -0.391 e. The van der Waals surface area contributed by atoms with Crippen molar-refractivity contribution >= 4 is 11.8 Å². The van der Waals surface area contributed by atoms with Gasteiger partial charge in [-0.3, -0.25) is 9.59 Å². The number of likely N-dealkylation sites (N-methyl/N-ethyl adjacent to an activating group) is 1. The molecular formula is C24H27FN2O3. The Kier molecular flexibility index (Phi) is 5.60. The number of hydrogen-bond acceptors (Lipinski definition) is 3. The van der Waals surface area contributed by atoms with Gasteiger partial charge in [-0.05, 0) is 42.5 Å². The maximum atomic E-state index is 13.3. The number of piperidine rings is 2. The highest BCUT2D eigenvalue weighted by Gasteiger charge is 2.51. The van der Waals surface area contributed by atoms with Crippen LogP contribution in [0.15, 0.2) is 54.6 Å². The lowest BCUT2D eigenvalue weighted by Crippen LogP contribution is -2.58. The Morgan fingerprint density at radius 1 is 1.10 bits per heavy atom. The molecule has 2 atom stereocenters. The first kappa shape index (κ1) is 20.5. The molecule has 4 rings (SSSR count). The van der Waals surface area contributed by atoms with Gasteiger partial charge in [0.05, 0.1) is 24.0 Å². The van der Waals surface area contributed by atoms with Crippen LogP contribution in [0.1, 0.15) is 36.4 Å². The zero-order chi connectivity index (χ0) is 21.3. The van der Waals surface area contributed by atoms with Gasteiger partial charge in [0.2, 0.25) is 11.8 Å². The molecule has 0 unspecified atom stereocenters. The molecule has 2 saturated heterocycles. The van der Waals surface area contributed by atoms with E-state index in [2.05, 4.69) is 0 Å². The van der Waals surface area contributed by atoms with Crippen molar-refractivity contribution in [1.29, 1.82) is 0 Å². The zero-order valence-corrected chi connectivity index (χ0v) is 17.1. The van der Waals surface area contributed by atoms with E-state index in [1.165, 1.54) is 12.1 Å². The van der Waals surface area contributed by atoms with Crippen LogP contribution in [-0.2, 0) is 16.0 Å². The summed E-state index contributed by atoms with van der Waals surface area (Å²) in [6, 6.07) is 15.2. The van der Waals surface area contributed by atoms with E-state index in [4.69, 9.17) is 0 Å². The Morgan fingerprint density at radius 2 is 1.73 bits per heavy atom. The van der Waals surface area contributed by atoms with Crippen LogP contribution in [0.2, 0.25) is 0 Å². The number of aliphatic hydroxyl groups is 1. The Morgan fingerprint density at radius 3 is 2.37 bits per heavy atom. The van der Waals surface area contributed by atoms with E-state index in [0.29, 0.717) is 32.4 Å². The summed E-state index contributed by atoms with van der Waals surface area (Å²) in [4.78, 5) is 29.4. The fourth-order valence-corrected chi connectivity index (χ4v) is 4.94. The molecule has 1 spiro atoms. The van der Waals surface area contributed by atoms with Crippen molar-refractivity contribution in [2.75, 3.05) is 20.1 Å². The maximum absolute atomic E-state index is 13.3. The summed E-state index contributed by atoms with van der Waals surface area (Å²) in [6.07, 6.45) is 1.08. The summed E-state index contributed by atoms with van der Waals surface area (Å²) in [5, 5.41) is 10.9. The molecule has 0 bridgehead atoms. The zero-order valence-electron chi connectivity index (χ0n) is 17.1. The van der Waals surface area contributed by atoms with Gasteiger partial charge in [0, 0.05) is 20.1 Å². The number of benzene rings is 2. The monoisotopic (exact) mass is 410 g/mol. The molecule has 30 heavy (non-hydrogen) atoms. The quantitative estimate of drug-likeness (QED) is 0.846. The molecule has 0 radical (unpaired) electrons. The van der Waals surface area contributed by atoms with E-state index in [0.717, 1.165) is 11.1 Å². The predicted octanol–water partition coefficient (Wildman–Crippen LogP) is 2.94. The minimum atomic E-state index is -0.642. The second kappa shape index (κ2) is 8.19. The molecule has 5 nitrogen and oxygen atoms in total. The van der Waals surface area contributed by atoms with E-state index in [1.54, 1.807) is 29.0 Å². The van der Waals surface area contributed by atoms with Gasteiger partial charge in [-0.2, -0.15) is 0 Å². The number of carbonyl (C=O) groups is 2. The van der Waals surface area contributed by atoms with Crippen LogP contribution in [0.3, 0.4) is 0 Å². The average molecular weight is 410 g/mol. The predicted molar refractivity (Wildman–Crippen MR) is 111 cm³/mol. The molecule has 2 aromatic carbocycles. The number of aliphatic hydroxyl groups excluding tert-OH is 1. The van der Waals surface area contributed by atoms with E-state index < -0.39 is 11.5 Å². The highest BCUT2D eigenvalue weighted by atomic mass is 19.1. The molecule has 2 aromatic rings. The number of likely N-dealkylation sites (tertiary alicyclic amines) is 2. The fourth-order valence-electron chi connectivity index (χ4n) is 4.94. The van der Waals surface area contributed by atoms with Gasteiger partial charge >= 0.3 is 0 Å². The molecule has 6 heteroatoms. The van der Waals surface area contributed by atoms with Crippen molar-refractivity contribution in [1.82, 2.24) is 9.80 Å². The summed E-state index contributed by atoms with van der Waals surface area (Å²) in [7, 11) is 1.76. The Hall–Kier alpha value is -2.73. The molecular weight excluding hydrogens is 383 g/mol. The number of rotatable bonds is 3. The lowest BCUT2D eigenvalue weighted by atomic mass is 9.68. The SMILES string of the molecule is CN1C(=O)C2(CCN(C(=O)Cc3ccc(F)cc3)CC2)C[C@@H](O)[C@@H]1c1ccccc1. The molecule has 0 aliphatic carbocycles. The molecule has 0 saturated carbocycles. The summed E-state index contributed by atoms with van der Waals surface area (Å²) in [5.74, 6) is -0.290. The lowest BCUT2D eigenvalue weighted by Gasteiger charge is -2.50. The third kappa shape index (κ3) is 3.84. The molecule has 158 valence electrons. The first-order valence-corrected chi connectivity index (χ1v) is 10.4. The van der Waals surface area contributed by atoms with Crippen molar-refractivity contribution in [2.45, 2.75) is 37.8 Å². The second-order valence-electron chi connectivity index (χ2n) is 8.51. The molecule has 2 heterocycles. The number of halogens is 1. The Bertz CT molecular complexity index is 908. The third-order valence-electron chi connectivity index (χ3n) is 6.64. The Labute approximate surface area is 176 Å². The van der Waals surface area contributed by atoms with E-state index >= 15 is 0 Å². The van der Waals surface area contributed by atoms with Gasteiger partial charge in [0.25, 0.3) is 0 Å². The van der Waals surface area contributed by atoms with Gasteiger partial charge in [0.15, 0.2) is 0 Å². The van der Waals surface area contributed by atoms with Crippen LogP contribution in [0.25, 0.3) is 0 Å². The van der Waals surface area contributed by atoms with Crippen molar-refractivity contribution in [3.05, 3.63) is 71.5 Å². The van der Waals surface area contributed by atoms with Crippen molar-refractivity contribution in [2.24, 2.45) is 5.41 Å². The van der Waals surface area contributed by atoms with Gasteiger partial charge in [-0.15, -0.1) is 0 Å². The summed E-state index contributed by atoms with van der Waals surface area (Å²) >= 11 is 0. The normalized spacial score (nSPS) is 23.6. The number of carbonyl (C=O) groups excluding carboxylic acids is 2. The standard InChI is InChI=1S/C24H27FN2O3/c1-26-22(18-5-3-2-4-6-18)20(28)16-24(23(26)30)11-13-27(14-12-24)21(29)15-17-7-9-19(25)10-8-17/h2-10,20,22,28H,11-16H2,1H3/t20-,22+/m1/s1. The molecule has 2 aliphatic heterocycles. The summed E-state index contributed by atoms with van der Waals surface area (Å²) in [6.45, 7) is 0.977. The highest BCUT2D eigenvalue weighted by molar-refractivity contribution is 5.85.